The summed E-state index contributed by atoms with van der Waals surface area (Å²) in [5, 5.41) is 6.60. The van der Waals surface area contributed by atoms with E-state index in [1.54, 1.807) is 25.4 Å². The van der Waals surface area contributed by atoms with Crippen LogP contribution in [0.5, 0.6) is 5.75 Å². The van der Waals surface area contributed by atoms with Gasteiger partial charge in [0.25, 0.3) is 11.8 Å². The van der Waals surface area contributed by atoms with Gasteiger partial charge in [-0.2, -0.15) is 0 Å². The number of hydrogen-bond donors (Lipinski definition) is 2. The van der Waals surface area contributed by atoms with Crippen LogP contribution in [-0.4, -0.2) is 49.6 Å². The number of rotatable bonds is 8. The second-order valence-electron chi connectivity index (χ2n) is 11.5. The summed E-state index contributed by atoms with van der Waals surface area (Å²) in [7, 11) is -0.0989. The number of aromatic nitrogens is 1. The number of carbonyl (C=O) groups is 2. The Kier molecular flexibility index (Phi) is 9.64. The van der Waals surface area contributed by atoms with Gasteiger partial charge in [-0.25, -0.2) is 0 Å². The number of methoxy groups -OCH3 is 1. The first kappa shape index (κ1) is 30.0. The summed E-state index contributed by atoms with van der Waals surface area (Å²) in [6.45, 7) is 11.2. The maximum absolute atomic E-state index is 13.8. The van der Waals surface area contributed by atoms with Gasteiger partial charge in [0, 0.05) is 29.6 Å². The van der Waals surface area contributed by atoms with Crippen molar-refractivity contribution in [3.63, 3.8) is 0 Å². The molecular weight excluding hydrogens is 528 g/mol. The molecule has 0 radical (unpaired) electrons. The average Bonchev–Trinajstić information content (AvgIpc) is 2.95. The van der Waals surface area contributed by atoms with Gasteiger partial charge in [0.15, 0.2) is 0 Å². The van der Waals surface area contributed by atoms with E-state index >= 15 is 0 Å². The minimum atomic E-state index is -1.77. The van der Waals surface area contributed by atoms with E-state index in [-0.39, 0.29) is 24.0 Å². The number of pyridine rings is 1. The van der Waals surface area contributed by atoms with Gasteiger partial charge < -0.3 is 15.0 Å². The van der Waals surface area contributed by atoms with E-state index < -0.39 is 8.07 Å². The van der Waals surface area contributed by atoms with Gasteiger partial charge in [-0.3, -0.25) is 19.9 Å². The first-order valence-electron chi connectivity index (χ1n) is 14.2. The van der Waals surface area contributed by atoms with Gasteiger partial charge in [0.05, 0.1) is 19.3 Å². The smallest absolute Gasteiger partial charge is 0.299 e. The minimum Gasteiger partial charge on any atom is -0.497 e. The van der Waals surface area contributed by atoms with E-state index in [0.717, 1.165) is 47.5 Å². The van der Waals surface area contributed by atoms with Crippen LogP contribution in [0.3, 0.4) is 0 Å². The highest BCUT2D eigenvalue weighted by Gasteiger charge is 2.38. The summed E-state index contributed by atoms with van der Waals surface area (Å²) < 4.78 is 5.54. The standard InChI is InChI=1S/C33H40N4O3Si/c1-7-8-17-35-30-22-26-21-28(40-3)13-14-29(26)32(37(30)31(38)16-19-41(4,5)6)24-9-11-27(12-10-24)36-33(39)25-15-18-34-23(2)20-25/h9-15,18,20-21,30,32,35H,7-8,17,22H2,1-6H3,(H,36,39)/t30-,32+/m1/s1. The van der Waals surface area contributed by atoms with Gasteiger partial charge in [-0.1, -0.05) is 51.2 Å². The molecule has 2 heterocycles. The third-order valence-electron chi connectivity index (χ3n) is 7.00. The first-order valence-corrected chi connectivity index (χ1v) is 17.7. The number of carbonyl (C=O) groups excluding carboxylic acids is 2. The molecule has 2 aromatic carbocycles. The van der Waals surface area contributed by atoms with E-state index in [1.165, 1.54) is 0 Å². The Hall–Kier alpha value is -3.93. The molecule has 4 rings (SSSR count). The fourth-order valence-electron chi connectivity index (χ4n) is 4.95. The molecule has 1 aliphatic heterocycles. The number of hydrogen-bond acceptors (Lipinski definition) is 5. The summed E-state index contributed by atoms with van der Waals surface area (Å²) >= 11 is 0. The van der Waals surface area contributed by atoms with E-state index in [9.17, 15) is 9.59 Å². The Balaban J connectivity index is 1.73. The molecule has 2 N–H and O–H groups in total. The zero-order valence-electron chi connectivity index (χ0n) is 24.9. The van der Waals surface area contributed by atoms with Crippen LogP contribution >= 0.6 is 0 Å². The SMILES string of the molecule is CCCCN[C@H]1Cc2cc(OC)ccc2[C@H](c2ccc(NC(=O)c3ccnc(C)c3)cc2)N1C(=O)C#C[Si](C)(C)C. The molecule has 0 unspecified atom stereocenters. The molecule has 214 valence electrons. The Morgan fingerprint density at radius 2 is 1.85 bits per heavy atom. The van der Waals surface area contributed by atoms with Crippen molar-refractivity contribution in [2.45, 2.75) is 65.0 Å². The molecule has 41 heavy (non-hydrogen) atoms. The van der Waals surface area contributed by atoms with Gasteiger partial charge >= 0.3 is 0 Å². The molecule has 8 heteroatoms. The minimum absolute atomic E-state index is 0.182. The molecule has 1 aliphatic rings. The van der Waals surface area contributed by atoms with E-state index in [1.807, 2.05) is 42.2 Å². The van der Waals surface area contributed by atoms with Crippen LogP contribution in [-0.2, 0) is 11.2 Å². The Morgan fingerprint density at radius 3 is 2.51 bits per heavy atom. The Bertz CT molecular complexity index is 1450. The molecule has 0 bridgehead atoms. The quantitative estimate of drug-likeness (QED) is 0.206. The fourth-order valence-corrected chi connectivity index (χ4v) is 5.43. The van der Waals surface area contributed by atoms with Crippen molar-refractivity contribution < 1.29 is 14.3 Å². The largest absolute Gasteiger partial charge is 0.497 e. The topological polar surface area (TPSA) is 83.6 Å². The van der Waals surface area contributed by atoms with Crippen molar-refractivity contribution in [3.05, 3.63) is 88.7 Å². The lowest BCUT2D eigenvalue weighted by molar-refractivity contribution is -0.130. The van der Waals surface area contributed by atoms with Crippen LogP contribution < -0.4 is 15.4 Å². The van der Waals surface area contributed by atoms with Crippen molar-refractivity contribution in [3.8, 4) is 17.2 Å². The number of amides is 2. The van der Waals surface area contributed by atoms with Crippen molar-refractivity contribution in [1.82, 2.24) is 15.2 Å². The van der Waals surface area contributed by atoms with Crippen LogP contribution in [0.25, 0.3) is 0 Å². The summed E-state index contributed by atoms with van der Waals surface area (Å²) in [6.07, 6.45) is 4.14. The lowest BCUT2D eigenvalue weighted by Crippen LogP contribution is -2.54. The molecule has 7 nitrogen and oxygen atoms in total. The van der Waals surface area contributed by atoms with Gasteiger partial charge in [-0.15, -0.1) is 5.54 Å². The van der Waals surface area contributed by atoms with Crippen LogP contribution in [0.1, 0.15) is 58.5 Å². The third kappa shape index (κ3) is 7.63. The number of nitrogens with one attached hydrogen (secondary N) is 2. The Morgan fingerprint density at radius 1 is 1.10 bits per heavy atom. The van der Waals surface area contributed by atoms with Crippen molar-refractivity contribution >= 4 is 25.6 Å². The molecule has 1 aromatic heterocycles. The van der Waals surface area contributed by atoms with Gasteiger partial charge in [0.1, 0.15) is 13.8 Å². The lowest BCUT2D eigenvalue weighted by Gasteiger charge is -2.43. The van der Waals surface area contributed by atoms with Crippen LogP contribution in [0.4, 0.5) is 5.69 Å². The number of unbranched alkanes of at least 4 members (excludes halogenated alkanes) is 1. The number of nitrogens with zero attached hydrogens (tertiary/aromatic N) is 2. The van der Waals surface area contributed by atoms with Crippen molar-refractivity contribution in [2.24, 2.45) is 0 Å². The lowest BCUT2D eigenvalue weighted by atomic mass is 9.86. The highest BCUT2D eigenvalue weighted by Crippen LogP contribution is 2.39. The summed E-state index contributed by atoms with van der Waals surface area (Å²) in [4.78, 5) is 32.7. The zero-order chi connectivity index (χ0) is 29.6. The zero-order valence-corrected chi connectivity index (χ0v) is 25.9. The van der Waals surface area contributed by atoms with E-state index in [4.69, 9.17) is 4.74 Å². The third-order valence-corrected chi connectivity index (χ3v) is 7.88. The number of benzene rings is 2. The number of ether oxygens (including phenoxy) is 1. The molecule has 0 saturated carbocycles. The molecular formula is C33H40N4O3Si. The number of anilines is 1. The second-order valence-corrected chi connectivity index (χ2v) is 16.2. The van der Waals surface area contributed by atoms with Gasteiger partial charge in [-0.05, 0) is 78.9 Å². The number of aryl methyl sites for hydroxylation is 1. The monoisotopic (exact) mass is 568 g/mol. The average molecular weight is 569 g/mol. The molecule has 2 amide bonds. The normalized spacial score (nSPS) is 16.3. The van der Waals surface area contributed by atoms with Crippen LogP contribution in [0.2, 0.25) is 19.6 Å². The highest BCUT2D eigenvalue weighted by atomic mass is 28.3. The first-order chi connectivity index (χ1) is 19.6. The fraction of sp³-hybridized carbons (Fsp3) is 0.364. The molecule has 0 aliphatic carbocycles. The molecule has 0 spiro atoms. The second kappa shape index (κ2) is 13.2. The van der Waals surface area contributed by atoms with Gasteiger partial charge in [0.2, 0.25) is 0 Å². The summed E-state index contributed by atoms with van der Waals surface area (Å²) in [6, 6.07) is 16.9. The Labute approximate surface area is 244 Å². The molecule has 0 fully saturated rings. The number of fused-ring (bicyclic) bond motifs is 1. The summed E-state index contributed by atoms with van der Waals surface area (Å²) in [5.41, 5.74) is 8.40. The maximum Gasteiger partial charge on any atom is 0.299 e. The molecule has 0 saturated heterocycles. The van der Waals surface area contributed by atoms with Crippen LogP contribution in [0, 0.1) is 18.4 Å². The predicted molar refractivity (Wildman–Crippen MR) is 167 cm³/mol. The maximum atomic E-state index is 13.8. The summed E-state index contributed by atoms with van der Waals surface area (Å²) in [5.74, 6) is 3.41. The van der Waals surface area contributed by atoms with Crippen LogP contribution in [0.15, 0.2) is 60.8 Å². The highest BCUT2D eigenvalue weighted by molar-refractivity contribution is 6.84. The molecule has 3 aromatic rings. The van der Waals surface area contributed by atoms with Crippen molar-refractivity contribution in [2.75, 3.05) is 19.0 Å². The predicted octanol–water partition coefficient (Wildman–Crippen LogP) is 5.72. The van der Waals surface area contributed by atoms with E-state index in [2.05, 4.69) is 65.8 Å². The van der Waals surface area contributed by atoms with Crippen molar-refractivity contribution in [1.29, 1.82) is 0 Å². The van der Waals surface area contributed by atoms with E-state index in [0.29, 0.717) is 17.7 Å². The molecule has 2 atom stereocenters.